The molecule has 1 saturated carbocycles. The predicted molar refractivity (Wildman–Crippen MR) is 67.9 cm³/mol. The third-order valence-electron chi connectivity index (χ3n) is 3.80. The molecule has 3 nitrogen and oxygen atoms in total. The van der Waals surface area contributed by atoms with E-state index in [-0.39, 0.29) is 12.5 Å². The van der Waals surface area contributed by atoms with Gasteiger partial charge in [-0.15, -0.1) is 0 Å². The maximum absolute atomic E-state index is 9.43. The van der Waals surface area contributed by atoms with E-state index in [4.69, 9.17) is 0 Å². The smallest absolute Gasteiger partial charge is 0.134 e. The van der Waals surface area contributed by atoms with Crippen molar-refractivity contribution in [2.45, 2.75) is 51.4 Å². The largest absolute Gasteiger partial charge is 0.396 e. The van der Waals surface area contributed by atoms with Crippen LogP contribution in [0.5, 0.6) is 0 Å². The number of hydrogen-bond donors (Lipinski definition) is 1. The lowest BCUT2D eigenvalue weighted by molar-refractivity contribution is 0.231. The summed E-state index contributed by atoms with van der Waals surface area (Å²) < 4.78 is 0. The molecule has 1 heterocycles. The molecule has 1 atom stereocenters. The number of rotatable bonds is 4. The van der Waals surface area contributed by atoms with Gasteiger partial charge in [0.15, 0.2) is 0 Å². The average Bonchev–Trinajstić information content (AvgIpc) is 2.83. The van der Waals surface area contributed by atoms with Gasteiger partial charge >= 0.3 is 0 Å². The fraction of sp³-hybridized carbons (Fsp3) is 0.714. The zero-order valence-corrected chi connectivity index (χ0v) is 10.8. The van der Waals surface area contributed by atoms with Gasteiger partial charge in [-0.3, -0.25) is 0 Å². The van der Waals surface area contributed by atoms with Crippen LogP contribution in [0.15, 0.2) is 12.3 Å². The van der Waals surface area contributed by atoms with Crippen LogP contribution in [0.2, 0.25) is 0 Å². The standard InChI is InChI=1S/C14H22N2O/c1-10(2)12(9-17)14-15-8-7-13(16-14)11-5-3-4-6-11/h7-8,10-12,17H,3-6,9H2,1-2H3. The first-order valence-corrected chi connectivity index (χ1v) is 6.66. The molecule has 1 N–H and O–H groups in total. The summed E-state index contributed by atoms with van der Waals surface area (Å²) in [4.78, 5) is 9.01. The van der Waals surface area contributed by atoms with Crippen molar-refractivity contribution in [3.63, 3.8) is 0 Å². The number of aliphatic hydroxyl groups excluding tert-OH is 1. The van der Waals surface area contributed by atoms with E-state index >= 15 is 0 Å². The van der Waals surface area contributed by atoms with Crippen LogP contribution >= 0.6 is 0 Å². The Labute approximate surface area is 103 Å². The fourth-order valence-corrected chi connectivity index (χ4v) is 2.61. The molecule has 0 aliphatic heterocycles. The van der Waals surface area contributed by atoms with Gasteiger partial charge in [0.05, 0.1) is 6.61 Å². The van der Waals surface area contributed by atoms with Gasteiger partial charge in [0.25, 0.3) is 0 Å². The molecule has 0 saturated heterocycles. The van der Waals surface area contributed by atoms with E-state index < -0.39 is 0 Å². The second-order valence-corrected chi connectivity index (χ2v) is 5.35. The number of hydrogen-bond acceptors (Lipinski definition) is 3. The lowest BCUT2D eigenvalue weighted by atomic mass is 9.95. The first kappa shape index (κ1) is 12.5. The molecular formula is C14H22N2O. The van der Waals surface area contributed by atoms with Crippen molar-refractivity contribution < 1.29 is 5.11 Å². The third kappa shape index (κ3) is 2.83. The summed E-state index contributed by atoms with van der Waals surface area (Å²) in [6, 6.07) is 2.04. The molecule has 1 aliphatic rings. The van der Waals surface area contributed by atoms with E-state index in [1.165, 1.54) is 31.4 Å². The van der Waals surface area contributed by atoms with Gasteiger partial charge in [-0.2, -0.15) is 0 Å². The topological polar surface area (TPSA) is 46.0 Å². The Bertz CT molecular complexity index is 359. The van der Waals surface area contributed by atoms with Crippen LogP contribution in [0.25, 0.3) is 0 Å². The van der Waals surface area contributed by atoms with Gasteiger partial charge in [0.2, 0.25) is 0 Å². The maximum atomic E-state index is 9.43. The van der Waals surface area contributed by atoms with Gasteiger partial charge in [-0.25, -0.2) is 9.97 Å². The van der Waals surface area contributed by atoms with Crippen molar-refractivity contribution >= 4 is 0 Å². The minimum Gasteiger partial charge on any atom is -0.396 e. The summed E-state index contributed by atoms with van der Waals surface area (Å²) in [5.41, 5.74) is 1.17. The molecule has 1 aliphatic carbocycles. The van der Waals surface area contributed by atoms with Crippen LogP contribution in [0, 0.1) is 5.92 Å². The molecule has 0 spiro atoms. The summed E-state index contributed by atoms with van der Waals surface area (Å²) in [6.07, 6.45) is 6.99. The quantitative estimate of drug-likeness (QED) is 0.871. The van der Waals surface area contributed by atoms with Crippen molar-refractivity contribution in [1.82, 2.24) is 9.97 Å². The number of aliphatic hydroxyl groups is 1. The molecular weight excluding hydrogens is 212 g/mol. The van der Waals surface area contributed by atoms with Crippen LogP contribution in [0.1, 0.15) is 62.9 Å². The fourth-order valence-electron chi connectivity index (χ4n) is 2.61. The summed E-state index contributed by atoms with van der Waals surface area (Å²) in [5, 5.41) is 9.43. The molecule has 0 radical (unpaired) electrons. The highest BCUT2D eigenvalue weighted by Crippen LogP contribution is 2.33. The molecule has 94 valence electrons. The van der Waals surface area contributed by atoms with Crippen LogP contribution in [-0.4, -0.2) is 21.7 Å². The molecule has 3 heteroatoms. The summed E-state index contributed by atoms with van der Waals surface area (Å²) in [5.74, 6) is 1.87. The zero-order valence-electron chi connectivity index (χ0n) is 10.8. The molecule has 1 unspecified atom stereocenters. The number of nitrogens with zero attached hydrogens (tertiary/aromatic N) is 2. The first-order valence-electron chi connectivity index (χ1n) is 6.66. The SMILES string of the molecule is CC(C)C(CO)c1nccc(C2CCCC2)n1. The van der Waals surface area contributed by atoms with E-state index in [0.717, 1.165) is 5.82 Å². The Morgan fingerprint density at radius 1 is 1.35 bits per heavy atom. The molecule has 17 heavy (non-hydrogen) atoms. The van der Waals surface area contributed by atoms with Crippen LogP contribution in [0.3, 0.4) is 0 Å². The Balaban J connectivity index is 2.20. The van der Waals surface area contributed by atoms with Crippen molar-refractivity contribution in [3.05, 3.63) is 23.8 Å². The second-order valence-electron chi connectivity index (χ2n) is 5.35. The highest BCUT2D eigenvalue weighted by molar-refractivity contribution is 5.12. The van der Waals surface area contributed by atoms with Crippen molar-refractivity contribution in [3.8, 4) is 0 Å². The van der Waals surface area contributed by atoms with Crippen molar-refractivity contribution in [2.75, 3.05) is 6.61 Å². The lowest BCUT2D eigenvalue weighted by Gasteiger charge is -2.18. The van der Waals surface area contributed by atoms with E-state index in [2.05, 4.69) is 23.8 Å². The molecule has 0 amide bonds. The minimum atomic E-state index is 0.0661. The molecule has 2 rings (SSSR count). The Hall–Kier alpha value is -0.960. The monoisotopic (exact) mass is 234 g/mol. The Morgan fingerprint density at radius 3 is 2.65 bits per heavy atom. The zero-order chi connectivity index (χ0) is 12.3. The van der Waals surface area contributed by atoms with Crippen molar-refractivity contribution in [1.29, 1.82) is 0 Å². The van der Waals surface area contributed by atoms with Gasteiger partial charge in [-0.05, 0) is 24.8 Å². The average molecular weight is 234 g/mol. The van der Waals surface area contributed by atoms with Gasteiger partial charge < -0.3 is 5.11 Å². The van der Waals surface area contributed by atoms with E-state index in [1.807, 2.05) is 12.3 Å². The Morgan fingerprint density at radius 2 is 2.06 bits per heavy atom. The summed E-state index contributed by atoms with van der Waals surface area (Å²) >= 11 is 0. The van der Waals surface area contributed by atoms with Gasteiger partial charge in [0, 0.05) is 23.7 Å². The normalized spacial score (nSPS) is 18.8. The molecule has 0 aromatic carbocycles. The molecule has 1 fully saturated rings. The van der Waals surface area contributed by atoms with Gasteiger partial charge in [0.1, 0.15) is 5.82 Å². The number of aromatic nitrogens is 2. The van der Waals surface area contributed by atoms with Gasteiger partial charge in [-0.1, -0.05) is 26.7 Å². The Kier molecular flexibility index (Phi) is 4.11. The predicted octanol–water partition coefficient (Wildman–Crippen LogP) is 2.87. The highest BCUT2D eigenvalue weighted by Gasteiger charge is 2.22. The lowest BCUT2D eigenvalue weighted by Crippen LogP contribution is -2.16. The van der Waals surface area contributed by atoms with Crippen molar-refractivity contribution in [2.24, 2.45) is 5.92 Å². The third-order valence-corrected chi connectivity index (χ3v) is 3.80. The van der Waals surface area contributed by atoms with Crippen LogP contribution in [0.4, 0.5) is 0 Å². The molecule has 1 aromatic rings. The summed E-state index contributed by atoms with van der Waals surface area (Å²) in [6.45, 7) is 4.34. The van der Waals surface area contributed by atoms with Crippen LogP contribution in [-0.2, 0) is 0 Å². The maximum Gasteiger partial charge on any atom is 0.134 e. The molecule has 0 bridgehead atoms. The van der Waals surface area contributed by atoms with E-state index in [1.54, 1.807) is 0 Å². The minimum absolute atomic E-state index is 0.0661. The molecule has 1 aromatic heterocycles. The first-order chi connectivity index (χ1) is 8.22. The second kappa shape index (κ2) is 5.58. The van der Waals surface area contributed by atoms with E-state index in [9.17, 15) is 5.11 Å². The summed E-state index contributed by atoms with van der Waals surface area (Å²) in [7, 11) is 0. The van der Waals surface area contributed by atoms with Crippen LogP contribution < -0.4 is 0 Å². The van der Waals surface area contributed by atoms with E-state index in [0.29, 0.717) is 11.8 Å². The highest BCUT2D eigenvalue weighted by atomic mass is 16.3.